The van der Waals surface area contributed by atoms with Crippen LogP contribution in [0.4, 0.5) is 0 Å². The van der Waals surface area contributed by atoms with Crippen LogP contribution < -0.4 is 0 Å². The smallest absolute Gasteiger partial charge is 0.182 e. The maximum Gasteiger partial charge on any atom is 0.182 e. The number of rotatable bonds is 3. The van der Waals surface area contributed by atoms with Gasteiger partial charge in [-0.1, -0.05) is 35.9 Å². The Morgan fingerprint density at radius 3 is 2.75 bits per heavy atom. The first-order chi connectivity index (χ1) is 9.65. The van der Waals surface area contributed by atoms with Crippen molar-refractivity contribution < 1.29 is 4.79 Å². The van der Waals surface area contributed by atoms with Crippen LogP contribution in [0.1, 0.15) is 21.5 Å². The quantitative estimate of drug-likeness (QED) is 0.678. The Balaban J connectivity index is 1.92. The third kappa shape index (κ3) is 2.23. The van der Waals surface area contributed by atoms with Crippen LogP contribution in [0, 0.1) is 13.8 Å². The van der Waals surface area contributed by atoms with Gasteiger partial charge in [0.15, 0.2) is 5.78 Å². The number of benzene rings is 2. The first-order valence-electron chi connectivity index (χ1n) is 6.65. The number of Topliss-reactive ketones (excluding diaryl/α,β-unsaturated/α-hetero) is 1. The lowest BCUT2D eigenvalue weighted by Crippen LogP contribution is -2.11. The second kappa shape index (κ2) is 4.93. The number of aromatic nitrogens is 2. The van der Waals surface area contributed by atoms with Crippen molar-refractivity contribution in [2.24, 2.45) is 0 Å². The number of hydrogen-bond donors (Lipinski definition) is 0. The predicted molar refractivity (Wildman–Crippen MR) is 80.0 cm³/mol. The van der Waals surface area contributed by atoms with E-state index in [0.717, 1.165) is 22.2 Å². The molecular weight excluding hydrogens is 248 g/mol. The molecule has 0 unspecified atom stereocenters. The number of para-hydroxylation sites is 2. The van der Waals surface area contributed by atoms with Crippen molar-refractivity contribution >= 4 is 16.8 Å². The Bertz CT molecular complexity index is 787. The van der Waals surface area contributed by atoms with Gasteiger partial charge in [0.2, 0.25) is 0 Å². The highest BCUT2D eigenvalue weighted by Crippen LogP contribution is 2.15. The summed E-state index contributed by atoms with van der Waals surface area (Å²) in [5, 5.41) is 0. The fourth-order valence-corrected chi connectivity index (χ4v) is 2.50. The van der Waals surface area contributed by atoms with Gasteiger partial charge < -0.3 is 4.57 Å². The molecule has 3 aromatic rings. The van der Waals surface area contributed by atoms with Gasteiger partial charge in [0.1, 0.15) is 0 Å². The maximum absolute atomic E-state index is 12.4. The summed E-state index contributed by atoms with van der Waals surface area (Å²) in [6, 6.07) is 13.8. The summed E-state index contributed by atoms with van der Waals surface area (Å²) in [5.41, 5.74) is 4.89. The van der Waals surface area contributed by atoms with Gasteiger partial charge in [-0.25, -0.2) is 4.98 Å². The van der Waals surface area contributed by atoms with Crippen LogP contribution in [0.25, 0.3) is 11.0 Å². The van der Waals surface area contributed by atoms with E-state index in [2.05, 4.69) is 4.98 Å². The second-order valence-electron chi connectivity index (χ2n) is 5.10. The summed E-state index contributed by atoms with van der Waals surface area (Å²) in [7, 11) is 0. The Hall–Kier alpha value is -2.42. The standard InChI is InChI=1S/C17H16N2O/c1-12-7-8-14(13(2)9-12)17(20)10-19-11-18-15-5-3-4-6-16(15)19/h3-9,11H,10H2,1-2H3. The van der Waals surface area contributed by atoms with Gasteiger partial charge in [-0.3, -0.25) is 4.79 Å². The minimum atomic E-state index is 0.116. The van der Waals surface area contributed by atoms with Crippen LogP contribution in [0.15, 0.2) is 48.8 Å². The molecule has 0 aliphatic rings. The van der Waals surface area contributed by atoms with Gasteiger partial charge in [-0.15, -0.1) is 0 Å². The first kappa shape index (κ1) is 12.6. The average molecular weight is 264 g/mol. The first-order valence-corrected chi connectivity index (χ1v) is 6.65. The van der Waals surface area contributed by atoms with Crippen molar-refractivity contribution in [1.29, 1.82) is 0 Å². The highest BCUT2D eigenvalue weighted by Gasteiger charge is 2.11. The molecule has 0 aliphatic carbocycles. The van der Waals surface area contributed by atoms with Crippen LogP contribution >= 0.6 is 0 Å². The minimum Gasteiger partial charge on any atom is -0.323 e. The summed E-state index contributed by atoms with van der Waals surface area (Å²) in [6.45, 7) is 4.33. The van der Waals surface area contributed by atoms with Crippen molar-refractivity contribution in [2.75, 3.05) is 0 Å². The molecule has 0 amide bonds. The van der Waals surface area contributed by atoms with Crippen molar-refractivity contribution in [3.8, 4) is 0 Å². The molecule has 0 saturated carbocycles. The third-order valence-corrected chi connectivity index (χ3v) is 3.52. The van der Waals surface area contributed by atoms with Crippen molar-refractivity contribution in [2.45, 2.75) is 20.4 Å². The summed E-state index contributed by atoms with van der Waals surface area (Å²) < 4.78 is 1.90. The predicted octanol–water partition coefficient (Wildman–Crippen LogP) is 3.54. The zero-order chi connectivity index (χ0) is 14.1. The summed E-state index contributed by atoms with van der Waals surface area (Å²) in [4.78, 5) is 16.8. The van der Waals surface area contributed by atoms with E-state index in [0.29, 0.717) is 6.54 Å². The molecular formula is C17H16N2O. The molecule has 1 aromatic heterocycles. The SMILES string of the molecule is Cc1ccc(C(=O)Cn2cnc3ccccc32)c(C)c1. The number of ketones is 1. The lowest BCUT2D eigenvalue weighted by molar-refractivity contribution is 0.0973. The Labute approximate surface area is 117 Å². The Morgan fingerprint density at radius 1 is 1.15 bits per heavy atom. The zero-order valence-corrected chi connectivity index (χ0v) is 11.6. The fraction of sp³-hybridized carbons (Fsp3) is 0.176. The van der Waals surface area contributed by atoms with Gasteiger partial charge in [0, 0.05) is 5.56 Å². The molecule has 100 valence electrons. The number of imidazole rings is 1. The molecule has 0 radical (unpaired) electrons. The topological polar surface area (TPSA) is 34.9 Å². The highest BCUT2D eigenvalue weighted by molar-refractivity contribution is 5.98. The Morgan fingerprint density at radius 2 is 1.95 bits per heavy atom. The molecule has 0 atom stereocenters. The monoisotopic (exact) mass is 264 g/mol. The van der Waals surface area contributed by atoms with Crippen LogP contribution in [-0.2, 0) is 6.54 Å². The normalized spacial score (nSPS) is 10.9. The van der Waals surface area contributed by atoms with E-state index in [-0.39, 0.29) is 5.78 Å². The molecule has 0 aliphatic heterocycles. The van der Waals surface area contributed by atoms with Crippen LogP contribution in [0.5, 0.6) is 0 Å². The number of hydrogen-bond acceptors (Lipinski definition) is 2. The molecule has 0 saturated heterocycles. The highest BCUT2D eigenvalue weighted by atomic mass is 16.1. The molecule has 3 rings (SSSR count). The molecule has 0 bridgehead atoms. The van der Waals surface area contributed by atoms with Crippen LogP contribution in [0.2, 0.25) is 0 Å². The average Bonchev–Trinajstić information content (AvgIpc) is 2.82. The van der Waals surface area contributed by atoms with Gasteiger partial charge in [0.25, 0.3) is 0 Å². The largest absolute Gasteiger partial charge is 0.323 e. The van der Waals surface area contributed by atoms with E-state index in [1.54, 1.807) is 6.33 Å². The molecule has 0 spiro atoms. The minimum absolute atomic E-state index is 0.116. The number of carbonyl (C=O) groups excluding carboxylic acids is 1. The van der Waals surface area contributed by atoms with Crippen molar-refractivity contribution in [1.82, 2.24) is 9.55 Å². The molecule has 1 heterocycles. The second-order valence-corrected chi connectivity index (χ2v) is 5.10. The summed E-state index contributed by atoms with van der Waals surface area (Å²) in [6.07, 6.45) is 1.73. The van der Waals surface area contributed by atoms with Crippen molar-refractivity contribution in [3.63, 3.8) is 0 Å². The Kier molecular flexibility index (Phi) is 3.11. The third-order valence-electron chi connectivity index (χ3n) is 3.52. The number of carbonyl (C=O) groups is 1. The van der Waals surface area contributed by atoms with E-state index < -0.39 is 0 Å². The number of aryl methyl sites for hydroxylation is 2. The van der Waals surface area contributed by atoms with E-state index in [4.69, 9.17) is 0 Å². The molecule has 20 heavy (non-hydrogen) atoms. The fourth-order valence-electron chi connectivity index (χ4n) is 2.50. The summed E-state index contributed by atoms with van der Waals surface area (Å²) >= 11 is 0. The van der Waals surface area contributed by atoms with E-state index >= 15 is 0 Å². The number of nitrogens with zero attached hydrogens (tertiary/aromatic N) is 2. The van der Waals surface area contributed by atoms with Crippen LogP contribution in [-0.4, -0.2) is 15.3 Å². The van der Waals surface area contributed by atoms with Gasteiger partial charge in [0.05, 0.1) is 23.9 Å². The van der Waals surface area contributed by atoms with Crippen LogP contribution in [0.3, 0.4) is 0 Å². The van der Waals surface area contributed by atoms with E-state index in [1.165, 1.54) is 5.56 Å². The number of fused-ring (bicyclic) bond motifs is 1. The lowest BCUT2D eigenvalue weighted by atomic mass is 10.0. The van der Waals surface area contributed by atoms with E-state index in [9.17, 15) is 4.79 Å². The van der Waals surface area contributed by atoms with Gasteiger partial charge in [-0.2, -0.15) is 0 Å². The van der Waals surface area contributed by atoms with Crippen molar-refractivity contribution in [3.05, 3.63) is 65.5 Å². The van der Waals surface area contributed by atoms with Gasteiger partial charge >= 0.3 is 0 Å². The molecule has 3 heteroatoms. The van der Waals surface area contributed by atoms with E-state index in [1.807, 2.05) is 60.9 Å². The lowest BCUT2D eigenvalue weighted by Gasteiger charge is -2.07. The molecule has 2 aromatic carbocycles. The van der Waals surface area contributed by atoms with Gasteiger partial charge in [-0.05, 0) is 31.5 Å². The zero-order valence-electron chi connectivity index (χ0n) is 11.6. The summed E-state index contributed by atoms with van der Waals surface area (Å²) in [5.74, 6) is 0.116. The maximum atomic E-state index is 12.4. The molecule has 0 N–H and O–H groups in total. The molecule has 0 fully saturated rings. The molecule has 3 nitrogen and oxygen atoms in total.